The van der Waals surface area contributed by atoms with Gasteiger partial charge in [-0.15, -0.1) is 0 Å². The quantitative estimate of drug-likeness (QED) is 0.592. The molecule has 0 bridgehead atoms. The Morgan fingerprint density at radius 3 is 2.64 bits per heavy atom. The second-order valence-corrected chi connectivity index (χ2v) is 9.15. The number of pyridine rings is 1. The lowest BCUT2D eigenvalue weighted by atomic mass is 10.1. The first-order valence-electron chi connectivity index (χ1n) is 9.98. The number of anilines is 2. The first-order valence-corrected chi connectivity index (χ1v) is 11.6. The number of carbonyl (C=O) groups is 2. The molecule has 1 fully saturated rings. The number of benzene rings is 1. The Balaban J connectivity index is 1.57. The average molecular weight is 476 g/mol. The summed E-state index contributed by atoms with van der Waals surface area (Å²) < 4.78 is 47.2. The second kappa shape index (κ2) is 8.87. The Hall–Kier alpha value is -3.38. The highest BCUT2D eigenvalue weighted by Gasteiger charge is 2.38. The SMILES string of the molecule is [CH2]C(CS(=O)(=O)O)C1CN(c2ccc3c(n2)N(Cc2ccc(OC)cc2)C(=O)CO3)C(=O)O1. The minimum Gasteiger partial charge on any atom is -0.497 e. The molecule has 3 heterocycles. The van der Waals surface area contributed by atoms with Crippen molar-refractivity contribution in [2.45, 2.75) is 12.6 Å². The molecule has 0 spiro atoms. The normalized spacial score (nSPS) is 19.1. The summed E-state index contributed by atoms with van der Waals surface area (Å²) in [7, 11) is -2.71. The summed E-state index contributed by atoms with van der Waals surface area (Å²) in [5.41, 5.74) is 0.843. The fourth-order valence-corrected chi connectivity index (χ4v) is 4.34. The molecule has 2 aliphatic heterocycles. The molecular formula is C21H22N3O8S. The van der Waals surface area contributed by atoms with Gasteiger partial charge in [0.15, 0.2) is 18.2 Å². The zero-order valence-electron chi connectivity index (χ0n) is 17.7. The average Bonchev–Trinajstić information content (AvgIpc) is 3.16. The van der Waals surface area contributed by atoms with Gasteiger partial charge >= 0.3 is 6.09 Å². The Morgan fingerprint density at radius 2 is 1.97 bits per heavy atom. The van der Waals surface area contributed by atoms with Gasteiger partial charge in [-0.25, -0.2) is 9.78 Å². The highest BCUT2D eigenvalue weighted by Crippen LogP contribution is 2.35. The van der Waals surface area contributed by atoms with E-state index in [0.29, 0.717) is 11.5 Å². The van der Waals surface area contributed by atoms with Crippen LogP contribution in [0.5, 0.6) is 11.5 Å². The van der Waals surface area contributed by atoms with Crippen molar-refractivity contribution in [3.8, 4) is 11.5 Å². The lowest BCUT2D eigenvalue weighted by Crippen LogP contribution is -2.39. The zero-order valence-corrected chi connectivity index (χ0v) is 18.5. The third-order valence-corrected chi connectivity index (χ3v) is 6.14. The van der Waals surface area contributed by atoms with Crippen LogP contribution in [0.4, 0.5) is 16.4 Å². The molecule has 0 saturated carbocycles. The van der Waals surface area contributed by atoms with Gasteiger partial charge in [0.25, 0.3) is 16.0 Å². The third kappa shape index (κ3) is 5.01. The first-order chi connectivity index (χ1) is 15.6. The van der Waals surface area contributed by atoms with Crippen LogP contribution in [0.3, 0.4) is 0 Å². The van der Waals surface area contributed by atoms with Gasteiger partial charge in [0.2, 0.25) is 0 Å². The molecule has 2 aliphatic rings. The smallest absolute Gasteiger partial charge is 0.415 e. The van der Waals surface area contributed by atoms with E-state index in [1.807, 2.05) is 12.1 Å². The Labute approximate surface area is 190 Å². The number of rotatable bonds is 7. The minimum atomic E-state index is -4.28. The molecule has 1 aromatic heterocycles. The fraction of sp³-hybridized carbons (Fsp3) is 0.333. The Kier molecular flexibility index (Phi) is 6.13. The van der Waals surface area contributed by atoms with E-state index in [2.05, 4.69) is 11.9 Å². The molecule has 33 heavy (non-hydrogen) atoms. The number of fused-ring (bicyclic) bond motifs is 1. The third-order valence-electron chi connectivity index (χ3n) is 5.29. The van der Waals surface area contributed by atoms with Crippen molar-refractivity contribution in [1.82, 2.24) is 4.98 Å². The van der Waals surface area contributed by atoms with Gasteiger partial charge in [0.05, 0.1) is 26.0 Å². The maximum atomic E-state index is 12.6. The summed E-state index contributed by atoms with van der Waals surface area (Å²) >= 11 is 0. The molecule has 0 aliphatic carbocycles. The van der Waals surface area contributed by atoms with Gasteiger partial charge in [-0.3, -0.25) is 19.1 Å². The lowest BCUT2D eigenvalue weighted by Gasteiger charge is -2.29. The van der Waals surface area contributed by atoms with E-state index < -0.39 is 34.0 Å². The summed E-state index contributed by atoms with van der Waals surface area (Å²) in [4.78, 5) is 32.2. The maximum absolute atomic E-state index is 12.6. The summed E-state index contributed by atoms with van der Waals surface area (Å²) in [6, 6.07) is 10.4. The number of amides is 2. The van der Waals surface area contributed by atoms with Crippen LogP contribution in [0.15, 0.2) is 36.4 Å². The van der Waals surface area contributed by atoms with Crippen molar-refractivity contribution in [1.29, 1.82) is 0 Å². The van der Waals surface area contributed by atoms with Crippen LogP contribution in [0, 0.1) is 12.8 Å². The van der Waals surface area contributed by atoms with Crippen LogP contribution in [-0.2, 0) is 26.2 Å². The lowest BCUT2D eigenvalue weighted by molar-refractivity contribution is -0.121. The molecule has 2 aromatic rings. The van der Waals surface area contributed by atoms with Crippen LogP contribution >= 0.6 is 0 Å². The first kappa shape index (κ1) is 22.8. The van der Waals surface area contributed by atoms with Gasteiger partial charge in [-0.2, -0.15) is 8.42 Å². The molecule has 2 atom stereocenters. The van der Waals surface area contributed by atoms with E-state index in [4.69, 9.17) is 18.8 Å². The van der Waals surface area contributed by atoms with E-state index in [1.54, 1.807) is 31.4 Å². The molecule has 1 N–H and O–H groups in total. The second-order valence-electron chi connectivity index (χ2n) is 7.65. The number of ether oxygens (including phenoxy) is 3. The summed E-state index contributed by atoms with van der Waals surface area (Å²) in [5.74, 6) is -0.281. The topological polar surface area (TPSA) is 136 Å². The Morgan fingerprint density at radius 1 is 1.24 bits per heavy atom. The van der Waals surface area contributed by atoms with Gasteiger partial charge in [0.1, 0.15) is 17.7 Å². The number of hydrogen-bond acceptors (Lipinski definition) is 8. The van der Waals surface area contributed by atoms with Gasteiger partial charge in [-0.05, 0) is 36.8 Å². The highest BCUT2D eigenvalue weighted by molar-refractivity contribution is 7.85. The van der Waals surface area contributed by atoms with Crippen molar-refractivity contribution >= 4 is 33.8 Å². The fourth-order valence-electron chi connectivity index (χ4n) is 3.59. The highest BCUT2D eigenvalue weighted by atomic mass is 32.2. The van der Waals surface area contributed by atoms with Crippen LogP contribution < -0.4 is 19.3 Å². The summed E-state index contributed by atoms with van der Waals surface area (Å²) in [6.45, 7) is 3.75. The van der Waals surface area contributed by atoms with Crippen molar-refractivity contribution < 1.29 is 36.8 Å². The summed E-state index contributed by atoms with van der Waals surface area (Å²) in [6.07, 6.45) is -1.59. The molecule has 175 valence electrons. The van der Waals surface area contributed by atoms with Gasteiger partial charge in [0, 0.05) is 5.92 Å². The van der Waals surface area contributed by atoms with Crippen molar-refractivity contribution in [3.05, 3.63) is 48.9 Å². The standard InChI is InChI=1S/C21H22N3O8S/c1-13(12-33(27,28)29)17-10-23(21(26)32-17)18-8-7-16-20(22-18)24(19(25)11-31-16)9-14-3-5-15(30-2)6-4-14/h3-8,13,17H,1,9-12H2,2H3,(H,27,28,29). The monoisotopic (exact) mass is 476 g/mol. The zero-order chi connectivity index (χ0) is 23.8. The largest absolute Gasteiger partial charge is 0.497 e. The predicted octanol–water partition coefficient (Wildman–Crippen LogP) is 1.68. The van der Waals surface area contributed by atoms with Crippen LogP contribution in [0.2, 0.25) is 0 Å². The molecule has 4 rings (SSSR count). The minimum absolute atomic E-state index is 0.0123. The molecule has 2 amide bonds. The van der Waals surface area contributed by atoms with E-state index in [1.165, 1.54) is 9.80 Å². The van der Waals surface area contributed by atoms with E-state index in [9.17, 15) is 18.0 Å². The molecule has 1 aromatic carbocycles. The van der Waals surface area contributed by atoms with Crippen molar-refractivity contribution in [2.75, 3.05) is 35.8 Å². The van der Waals surface area contributed by atoms with E-state index in [0.717, 1.165) is 5.56 Å². The molecule has 12 heteroatoms. The predicted molar refractivity (Wildman–Crippen MR) is 117 cm³/mol. The number of carbonyl (C=O) groups excluding carboxylic acids is 2. The molecular weight excluding hydrogens is 454 g/mol. The summed E-state index contributed by atoms with van der Waals surface area (Å²) in [5, 5.41) is 0. The van der Waals surface area contributed by atoms with Crippen molar-refractivity contribution in [3.63, 3.8) is 0 Å². The van der Waals surface area contributed by atoms with Gasteiger partial charge in [-0.1, -0.05) is 12.1 Å². The van der Waals surface area contributed by atoms with Crippen LogP contribution in [0.1, 0.15) is 5.56 Å². The molecule has 1 radical (unpaired) electrons. The number of hydrogen-bond donors (Lipinski definition) is 1. The van der Waals surface area contributed by atoms with Crippen molar-refractivity contribution in [2.24, 2.45) is 5.92 Å². The Bertz CT molecular complexity index is 1170. The van der Waals surface area contributed by atoms with Crippen LogP contribution in [0.25, 0.3) is 0 Å². The molecule has 2 unspecified atom stereocenters. The maximum Gasteiger partial charge on any atom is 0.415 e. The number of cyclic esters (lactones) is 1. The van der Waals surface area contributed by atoms with E-state index >= 15 is 0 Å². The number of nitrogens with zero attached hydrogens (tertiary/aromatic N) is 3. The molecule has 1 saturated heterocycles. The molecule has 11 nitrogen and oxygen atoms in total. The van der Waals surface area contributed by atoms with E-state index in [-0.39, 0.29) is 37.2 Å². The van der Waals surface area contributed by atoms with Crippen LogP contribution in [-0.4, -0.2) is 62.1 Å². The number of methoxy groups -OCH3 is 1. The van der Waals surface area contributed by atoms with Gasteiger partial charge < -0.3 is 14.2 Å². The number of aromatic nitrogens is 1.